The number of nitrogens with zero attached hydrogens (tertiary/aromatic N) is 1. The Labute approximate surface area is 135 Å². The fourth-order valence-corrected chi connectivity index (χ4v) is 28.7. The van der Waals surface area contributed by atoms with Crippen LogP contribution in [0.15, 0.2) is 30.8 Å². The minimum absolute atomic E-state index is 1.24. The van der Waals surface area contributed by atoms with Crippen molar-refractivity contribution in [1.29, 1.82) is 0 Å². The molecule has 1 rings (SSSR count). The van der Waals surface area contributed by atoms with Crippen molar-refractivity contribution in [2.45, 2.75) is 58.4 Å². The van der Waals surface area contributed by atoms with Gasteiger partial charge in [0.15, 0.2) is 0 Å². The first-order valence-corrected chi connectivity index (χ1v) is 17.9. The highest BCUT2D eigenvalue weighted by Crippen LogP contribution is 2.29. The van der Waals surface area contributed by atoms with Crippen molar-refractivity contribution in [3.63, 3.8) is 0 Å². The zero-order chi connectivity index (χ0) is 16.5. The van der Waals surface area contributed by atoms with Crippen LogP contribution in [-0.4, -0.2) is 28.6 Å². The molecule has 0 aliphatic heterocycles. The van der Waals surface area contributed by atoms with Crippen molar-refractivity contribution in [1.82, 2.24) is 3.90 Å². The van der Waals surface area contributed by atoms with Crippen LogP contribution in [0.1, 0.15) is 11.1 Å². The maximum absolute atomic E-state index is 3.90. The molecule has 1 aromatic carbocycles. The first-order valence-electron chi connectivity index (χ1n) is 7.90. The van der Waals surface area contributed by atoms with Crippen molar-refractivity contribution in [2.24, 2.45) is 0 Å². The standard InChI is InChI=1S/C17H33NSi3/c1-10-16-12-11-13-17(14-16)15-21(8,9)18(19(2,3)4)20(5,6)7/h10-14H,1,15H2,2-9H3. The Morgan fingerprint density at radius 3 is 1.90 bits per heavy atom. The molecule has 1 aromatic rings. The summed E-state index contributed by atoms with van der Waals surface area (Å²) in [6.07, 6.45) is 1.95. The highest BCUT2D eigenvalue weighted by Gasteiger charge is 2.44. The van der Waals surface area contributed by atoms with Crippen molar-refractivity contribution in [2.75, 3.05) is 0 Å². The van der Waals surface area contributed by atoms with E-state index in [1.165, 1.54) is 17.2 Å². The summed E-state index contributed by atoms with van der Waals surface area (Å²) >= 11 is 0. The number of hydrogen-bond acceptors (Lipinski definition) is 1. The van der Waals surface area contributed by atoms with Gasteiger partial charge in [-0.2, -0.15) is 0 Å². The summed E-state index contributed by atoms with van der Waals surface area (Å²) in [7, 11) is -4.05. The molecule has 118 valence electrons. The smallest absolute Gasteiger partial charge is 0.113 e. The predicted octanol–water partition coefficient (Wildman–Crippen LogP) is 5.59. The maximum Gasteiger partial charge on any atom is 0.113 e. The second-order valence-corrected chi connectivity index (χ2v) is 24.0. The molecule has 0 saturated heterocycles. The van der Waals surface area contributed by atoms with Crippen molar-refractivity contribution in [3.05, 3.63) is 42.0 Å². The molecule has 21 heavy (non-hydrogen) atoms. The van der Waals surface area contributed by atoms with Gasteiger partial charge in [0, 0.05) is 0 Å². The van der Waals surface area contributed by atoms with Gasteiger partial charge in [0.05, 0.1) is 0 Å². The molecule has 0 aliphatic carbocycles. The van der Waals surface area contributed by atoms with E-state index in [1.807, 2.05) is 6.08 Å². The fraction of sp³-hybridized carbons (Fsp3) is 0.529. The Bertz CT molecular complexity index is 481. The summed E-state index contributed by atoms with van der Waals surface area (Å²) in [6, 6.07) is 10.1. The molecule has 0 amide bonds. The van der Waals surface area contributed by atoms with Crippen LogP contribution in [0.3, 0.4) is 0 Å². The maximum atomic E-state index is 3.90. The first kappa shape index (κ1) is 18.6. The van der Waals surface area contributed by atoms with Gasteiger partial charge in [-0.15, -0.1) is 0 Å². The lowest BCUT2D eigenvalue weighted by molar-refractivity contribution is 0.876. The predicted molar refractivity (Wildman–Crippen MR) is 106 cm³/mol. The van der Waals surface area contributed by atoms with E-state index in [2.05, 4.69) is 87.1 Å². The van der Waals surface area contributed by atoms with E-state index in [0.29, 0.717) is 0 Å². The lowest BCUT2D eigenvalue weighted by atomic mass is 10.1. The summed E-state index contributed by atoms with van der Waals surface area (Å²) in [5, 5.41) is 0. The van der Waals surface area contributed by atoms with E-state index in [-0.39, 0.29) is 0 Å². The molecular weight excluding hydrogens is 302 g/mol. The van der Waals surface area contributed by atoms with Crippen LogP contribution in [0.25, 0.3) is 6.08 Å². The number of rotatable bonds is 6. The van der Waals surface area contributed by atoms with Crippen LogP contribution < -0.4 is 0 Å². The van der Waals surface area contributed by atoms with Gasteiger partial charge in [0.2, 0.25) is 0 Å². The van der Waals surface area contributed by atoms with Crippen LogP contribution in [-0.2, 0) is 6.04 Å². The second-order valence-electron chi connectivity index (χ2n) is 8.62. The molecule has 0 spiro atoms. The Balaban J connectivity index is 3.14. The van der Waals surface area contributed by atoms with Gasteiger partial charge in [-0.25, -0.2) is 0 Å². The first-order chi connectivity index (χ1) is 9.38. The van der Waals surface area contributed by atoms with Gasteiger partial charge < -0.3 is 3.90 Å². The molecular formula is C17H33NSi3. The fourth-order valence-electron chi connectivity index (χ4n) is 4.23. The molecule has 0 aromatic heterocycles. The van der Waals surface area contributed by atoms with E-state index in [4.69, 9.17) is 0 Å². The zero-order valence-corrected chi connectivity index (χ0v) is 18.2. The third-order valence-corrected chi connectivity index (χ3v) is 20.6. The molecule has 1 nitrogen and oxygen atoms in total. The summed E-state index contributed by atoms with van der Waals surface area (Å²) in [4.78, 5) is 0. The molecule has 0 atom stereocenters. The van der Waals surface area contributed by atoms with Crippen molar-refractivity contribution < 1.29 is 0 Å². The van der Waals surface area contributed by atoms with E-state index < -0.39 is 24.7 Å². The number of hydrogen-bond donors (Lipinski definition) is 0. The van der Waals surface area contributed by atoms with Gasteiger partial charge in [0.1, 0.15) is 24.7 Å². The molecule has 0 N–H and O–H groups in total. The summed E-state index contributed by atoms with van der Waals surface area (Å²) in [5.74, 6) is 0. The van der Waals surface area contributed by atoms with Crippen LogP contribution in [0.2, 0.25) is 52.4 Å². The SMILES string of the molecule is C=Cc1cccc(C[Si](C)(C)N([Si](C)(C)C)[Si](C)(C)C)c1. The van der Waals surface area contributed by atoms with Gasteiger partial charge in [-0.1, -0.05) is 89.3 Å². The quantitative estimate of drug-likeness (QED) is 0.613. The lowest BCUT2D eigenvalue weighted by Crippen LogP contribution is -2.70. The second kappa shape index (κ2) is 6.36. The molecule has 0 saturated carbocycles. The molecule has 0 aliphatic rings. The Hall–Kier alpha value is -0.429. The highest BCUT2D eigenvalue weighted by molar-refractivity contribution is 7.03. The van der Waals surface area contributed by atoms with Gasteiger partial charge >= 0.3 is 0 Å². The van der Waals surface area contributed by atoms with Crippen LogP contribution in [0.5, 0.6) is 0 Å². The van der Waals surface area contributed by atoms with Crippen LogP contribution in [0.4, 0.5) is 0 Å². The van der Waals surface area contributed by atoms with E-state index >= 15 is 0 Å². The minimum atomic E-state index is -1.46. The van der Waals surface area contributed by atoms with E-state index in [0.717, 1.165) is 0 Å². The van der Waals surface area contributed by atoms with Gasteiger partial charge in [-0.05, 0) is 17.2 Å². The molecule has 0 unspecified atom stereocenters. The minimum Gasteiger partial charge on any atom is -0.368 e. The highest BCUT2D eigenvalue weighted by atomic mass is 28.5. The molecule has 0 radical (unpaired) electrons. The zero-order valence-electron chi connectivity index (χ0n) is 15.2. The van der Waals surface area contributed by atoms with Gasteiger partial charge in [0.25, 0.3) is 0 Å². The summed E-state index contributed by atoms with van der Waals surface area (Å²) < 4.78 is 3.05. The lowest BCUT2D eigenvalue weighted by Gasteiger charge is -2.53. The summed E-state index contributed by atoms with van der Waals surface area (Å²) in [6.45, 7) is 24.1. The molecule has 0 fully saturated rings. The Kier molecular flexibility index (Phi) is 5.64. The third-order valence-electron chi connectivity index (χ3n) is 3.77. The van der Waals surface area contributed by atoms with Crippen molar-refractivity contribution in [3.8, 4) is 0 Å². The van der Waals surface area contributed by atoms with Gasteiger partial charge in [-0.3, -0.25) is 0 Å². The monoisotopic (exact) mass is 335 g/mol. The normalized spacial score (nSPS) is 13.6. The average Bonchev–Trinajstić information content (AvgIpc) is 2.23. The molecule has 0 bridgehead atoms. The third kappa shape index (κ3) is 5.06. The number of benzene rings is 1. The van der Waals surface area contributed by atoms with E-state index in [1.54, 1.807) is 0 Å². The largest absolute Gasteiger partial charge is 0.368 e. The molecule has 4 heteroatoms. The van der Waals surface area contributed by atoms with Crippen molar-refractivity contribution >= 4 is 30.8 Å². The average molecular weight is 336 g/mol. The Morgan fingerprint density at radius 2 is 1.48 bits per heavy atom. The summed E-state index contributed by atoms with van der Waals surface area (Å²) in [5.41, 5.74) is 2.72. The van der Waals surface area contributed by atoms with Crippen LogP contribution >= 0.6 is 0 Å². The Morgan fingerprint density at radius 1 is 0.952 bits per heavy atom. The molecule has 0 heterocycles. The van der Waals surface area contributed by atoms with E-state index in [9.17, 15) is 0 Å². The topological polar surface area (TPSA) is 3.24 Å². The van der Waals surface area contributed by atoms with Crippen LogP contribution in [0, 0.1) is 0 Å².